The number of rotatable bonds is 7. The van der Waals surface area contributed by atoms with Crippen molar-refractivity contribution in [1.82, 2.24) is 14.8 Å². The van der Waals surface area contributed by atoms with Crippen LogP contribution in [0.25, 0.3) is 5.69 Å². The molecule has 1 heterocycles. The van der Waals surface area contributed by atoms with Gasteiger partial charge in [-0.25, -0.2) is 4.39 Å². The molecule has 0 saturated carbocycles. The molecular weight excluding hydrogens is 389 g/mol. The molecule has 3 rings (SSSR count). The number of aryl methyl sites for hydroxylation is 1. The Morgan fingerprint density at radius 2 is 1.86 bits per heavy atom. The number of nitro groups is 2. The van der Waals surface area contributed by atoms with Crippen molar-refractivity contribution in [2.45, 2.75) is 17.3 Å². The molecule has 0 saturated heterocycles. The van der Waals surface area contributed by atoms with Gasteiger partial charge in [0.15, 0.2) is 5.16 Å². The van der Waals surface area contributed by atoms with Gasteiger partial charge in [0.05, 0.1) is 4.92 Å². The van der Waals surface area contributed by atoms with Crippen molar-refractivity contribution in [3.05, 3.63) is 86.0 Å². The summed E-state index contributed by atoms with van der Waals surface area (Å²) in [5, 5.41) is 29.9. The fourth-order valence-corrected chi connectivity index (χ4v) is 3.78. The number of hydrogen-bond acceptors (Lipinski definition) is 7. The Morgan fingerprint density at radius 3 is 2.50 bits per heavy atom. The van der Waals surface area contributed by atoms with E-state index < -0.39 is 27.5 Å². The Kier molecular flexibility index (Phi) is 5.64. The zero-order chi connectivity index (χ0) is 20.3. The lowest BCUT2D eigenvalue weighted by atomic mass is 10.1. The van der Waals surface area contributed by atoms with Crippen LogP contribution in [0.5, 0.6) is 0 Å². The number of thioether (sulfide) groups is 1. The van der Waals surface area contributed by atoms with Crippen LogP contribution in [0.2, 0.25) is 0 Å². The zero-order valence-electron chi connectivity index (χ0n) is 14.6. The van der Waals surface area contributed by atoms with Gasteiger partial charge in [0.1, 0.15) is 16.9 Å². The van der Waals surface area contributed by atoms with Crippen LogP contribution >= 0.6 is 11.8 Å². The van der Waals surface area contributed by atoms with Crippen molar-refractivity contribution in [3.8, 4) is 5.69 Å². The topological polar surface area (TPSA) is 117 Å². The average molecular weight is 403 g/mol. The molecular formula is C17H14FN5O4S. The highest BCUT2D eigenvalue weighted by atomic mass is 32.2. The monoisotopic (exact) mass is 403 g/mol. The van der Waals surface area contributed by atoms with Crippen LogP contribution in [-0.4, -0.2) is 31.2 Å². The maximum absolute atomic E-state index is 13.2. The first-order valence-electron chi connectivity index (χ1n) is 8.06. The van der Waals surface area contributed by atoms with Crippen LogP contribution < -0.4 is 0 Å². The summed E-state index contributed by atoms with van der Waals surface area (Å²) >= 11 is 1.07. The minimum Gasteiger partial charge on any atom is -0.274 e. The van der Waals surface area contributed by atoms with Gasteiger partial charge in [0.2, 0.25) is 6.54 Å². The molecule has 0 aliphatic rings. The summed E-state index contributed by atoms with van der Waals surface area (Å²) in [6, 6.07) is 11.4. The number of aromatic nitrogens is 3. The first kappa shape index (κ1) is 19.4. The molecule has 0 radical (unpaired) electrons. The Hall–Kier alpha value is -3.34. The highest BCUT2D eigenvalue weighted by Gasteiger charge is 2.25. The van der Waals surface area contributed by atoms with Gasteiger partial charge < -0.3 is 0 Å². The van der Waals surface area contributed by atoms with E-state index in [-0.39, 0.29) is 5.69 Å². The molecule has 0 N–H and O–H groups in total. The number of non-ortho nitro benzene ring substituents is 1. The summed E-state index contributed by atoms with van der Waals surface area (Å²) in [6.07, 6.45) is 0. The number of nitrogens with zero attached hydrogens (tertiary/aromatic N) is 5. The predicted octanol–water partition coefficient (Wildman–Crippen LogP) is 3.73. The summed E-state index contributed by atoms with van der Waals surface area (Å²) in [5.41, 5.74) is 0.884. The van der Waals surface area contributed by atoms with Gasteiger partial charge in [-0.15, -0.1) is 10.2 Å². The van der Waals surface area contributed by atoms with E-state index in [9.17, 15) is 24.6 Å². The number of nitro benzene ring substituents is 1. The van der Waals surface area contributed by atoms with Gasteiger partial charge in [-0.05, 0) is 36.8 Å². The largest absolute Gasteiger partial charge is 0.274 e. The second-order valence-electron chi connectivity index (χ2n) is 5.82. The molecule has 1 aromatic heterocycles. The lowest BCUT2D eigenvalue weighted by Gasteiger charge is -2.14. The van der Waals surface area contributed by atoms with E-state index in [1.165, 1.54) is 30.3 Å². The minimum atomic E-state index is -0.724. The van der Waals surface area contributed by atoms with Gasteiger partial charge in [-0.2, -0.15) is 0 Å². The molecule has 1 atom stereocenters. The van der Waals surface area contributed by atoms with Gasteiger partial charge >= 0.3 is 0 Å². The maximum Gasteiger partial charge on any atom is 0.269 e. The zero-order valence-corrected chi connectivity index (χ0v) is 15.4. The predicted molar refractivity (Wildman–Crippen MR) is 99.6 cm³/mol. The first-order valence-corrected chi connectivity index (χ1v) is 8.94. The highest BCUT2D eigenvalue weighted by molar-refractivity contribution is 7.99. The molecule has 0 spiro atoms. The Labute approximate surface area is 162 Å². The van der Waals surface area contributed by atoms with Crippen LogP contribution in [0.3, 0.4) is 0 Å². The standard InChI is InChI=1S/C17H14FN5O4S/c1-11-19-20-17(22(11)14-7-5-13(18)6-8-14)28-16(10-21(24)25)12-3-2-4-15(9-12)23(26)27/h2-9,16H,10H2,1H3/t16-/m0/s1. The Bertz CT molecular complexity index is 1020. The fraction of sp³-hybridized carbons (Fsp3) is 0.176. The molecule has 0 aliphatic heterocycles. The third kappa shape index (κ3) is 4.31. The molecule has 0 aliphatic carbocycles. The van der Waals surface area contributed by atoms with Crippen LogP contribution in [0.4, 0.5) is 10.1 Å². The number of halogens is 1. The molecule has 0 unspecified atom stereocenters. The number of hydrogen-bond donors (Lipinski definition) is 0. The van der Waals surface area contributed by atoms with Gasteiger partial charge in [-0.3, -0.25) is 24.8 Å². The smallest absolute Gasteiger partial charge is 0.269 e. The highest BCUT2D eigenvalue weighted by Crippen LogP contribution is 2.37. The van der Waals surface area contributed by atoms with Crippen LogP contribution in [0.15, 0.2) is 53.7 Å². The Morgan fingerprint density at radius 1 is 1.14 bits per heavy atom. The molecule has 0 fully saturated rings. The van der Waals surface area contributed by atoms with E-state index in [1.807, 2.05) is 0 Å². The Balaban J connectivity index is 1.99. The van der Waals surface area contributed by atoms with E-state index in [0.29, 0.717) is 22.2 Å². The normalized spacial score (nSPS) is 11.9. The van der Waals surface area contributed by atoms with Crippen LogP contribution in [-0.2, 0) is 0 Å². The molecule has 11 heteroatoms. The van der Waals surface area contributed by atoms with E-state index >= 15 is 0 Å². The van der Waals surface area contributed by atoms with E-state index in [4.69, 9.17) is 0 Å². The van der Waals surface area contributed by atoms with Gasteiger partial charge in [-0.1, -0.05) is 23.9 Å². The molecule has 2 aromatic carbocycles. The molecule has 0 bridgehead atoms. The summed E-state index contributed by atoms with van der Waals surface area (Å²) < 4.78 is 14.9. The second-order valence-corrected chi connectivity index (χ2v) is 6.99. The SMILES string of the molecule is Cc1nnc(S[C@@H](C[N+](=O)[O-])c2cccc([N+](=O)[O-])c2)n1-c1ccc(F)cc1. The minimum absolute atomic E-state index is 0.150. The lowest BCUT2D eigenvalue weighted by molar-refractivity contribution is -0.479. The van der Waals surface area contributed by atoms with Gasteiger partial charge in [0.25, 0.3) is 5.69 Å². The van der Waals surface area contributed by atoms with Gasteiger partial charge in [0, 0.05) is 22.7 Å². The summed E-state index contributed by atoms with van der Waals surface area (Å²) in [4.78, 5) is 21.2. The first-order chi connectivity index (χ1) is 13.3. The lowest BCUT2D eigenvalue weighted by Crippen LogP contribution is -2.11. The summed E-state index contributed by atoms with van der Waals surface area (Å²) in [5.74, 6) is 0.125. The van der Waals surface area contributed by atoms with E-state index in [1.54, 1.807) is 29.7 Å². The van der Waals surface area contributed by atoms with Crippen molar-refractivity contribution in [3.63, 3.8) is 0 Å². The van der Waals surface area contributed by atoms with Crippen molar-refractivity contribution in [2.75, 3.05) is 6.54 Å². The van der Waals surface area contributed by atoms with Crippen molar-refractivity contribution >= 4 is 17.4 Å². The third-order valence-electron chi connectivity index (χ3n) is 3.90. The molecule has 3 aromatic rings. The van der Waals surface area contributed by atoms with Crippen molar-refractivity contribution < 1.29 is 14.2 Å². The van der Waals surface area contributed by atoms with Crippen molar-refractivity contribution in [1.29, 1.82) is 0 Å². The fourth-order valence-electron chi connectivity index (χ4n) is 2.62. The summed E-state index contributed by atoms with van der Waals surface area (Å²) in [7, 11) is 0. The third-order valence-corrected chi connectivity index (χ3v) is 5.08. The molecule has 0 amide bonds. The molecule has 9 nitrogen and oxygen atoms in total. The van der Waals surface area contributed by atoms with Crippen LogP contribution in [0.1, 0.15) is 16.6 Å². The van der Waals surface area contributed by atoms with Crippen LogP contribution in [0, 0.1) is 33.0 Å². The average Bonchev–Trinajstić information content (AvgIpc) is 3.02. The quantitative estimate of drug-likeness (QED) is 0.335. The maximum atomic E-state index is 13.2. The molecule has 28 heavy (non-hydrogen) atoms. The molecule has 144 valence electrons. The van der Waals surface area contributed by atoms with E-state index in [0.717, 1.165) is 11.8 Å². The van der Waals surface area contributed by atoms with Crippen molar-refractivity contribution in [2.24, 2.45) is 0 Å². The second kappa shape index (κ2) is 8.13. The number of benzene rings is 2. The van der Waals surface area contributed by atoms with E-state index in [2.05, 4.69) is 10.2 Å². The summed E-state index contributed by atoms with van der Waals surface area (Å²) in [6.45, 7) is 1.25.